The number of carbonyl (C=O) groups excluding carboxylic acids is 2. The summed E-state index contributed by atoms with van der Waals surface area (Å²) in [6.07, 6.45) is 6.09. The second kappa shape index (κ2) is 8.57. The molecule has 0 radical (unpaired) electrons. The first-order chi connectivity index (χ1) is 14.0. The number of ether oxygens (including phenoxy) is 1. The molecule has 7 heteroatoms. The molecule has 1 aliphatic heterocycles. The Balaban J connectivity index is 1.39. The fourth-order valence-corrected chi connectivity index (χ4v) is 4.94. The van der Waals surface area contributed by atoms with E-state index in [-0.39, 0.29) is 23.2 Å². The Morgan fingerprint density at radius 2 is 1.86 bits per heavy atom. The topological polar surface area (TPSA) is 64.4 Å². The predicted octanol–water partition coefficient (Wildman–Crippen LogP) is 4.03. The molecule has 1 aromatic heterocycles. The number of nitrogens with zero attached hydrogens (tertiary/aromatic N) is 3. The molecule has 4 rings (SSSR count). The molecule has 154 valence electrons. The molecule has 2 aliphatic rings. The van der Waals surface area contributed by atoms with Gasteiger partial charge >= 0.3 is 5.97 Å². The van der Waals surface area contributed by atoms with Crippen LogP contribution in [0.4, 0.5) is 0 Å². The highest BCUT2D eigenvalue weighted by atomic mass is 35.5. The van der Waals surface area contributed by atoms with Crippen LogP contribution in [0.15, 0.2) is 30.3 Å². The van der Waals surface area contributed by atoms with Crippen molar-refractivity contribution in [3.63, 3.8) is 0 Å². The van der Waals surface area contributed by atoms with Crippen LogP contribution in [-0.4, -0.2) is 46.3 Å². The van der Waals surface area contributed by atoms with Crippen molar-refractivity contribution in [1.29, 1.82) is 0 Å². The molecular weight excluding hydrogens is 390 g/mol. The van der Waals surface area contributed by atoms with E-state index in [1.54, 1.807) is 6.92 Å². The quantitative estimate of drug-likeness (QED) is 0.707. The zero-order chi connectivity index (χ0) is 20.4. The largest absolute Gasteiger partial charge is 0.452 e. The minimum Gasteiger partial charge on any atom is -0.452 e. The summed E-state index contributed by atoms with van der Waals surface area (Å²) in [7, 11) is 0. The van der Waals surface area contributed by atoms with Gasteiger partial charge in [-0.25, -0.2) is 9.48 Å². The third-order valence-corrected chi connectivity index (χ3v) is 6.53. The number of carbonyl (C=O) groups is 2. The average molecular weight is 416 g/mol. The van der Waals surface area contributed by atoms with E-state index in [4.69, 9.17) is 16.3 Å². The van der Waals surface area contributed by atoms with E-state index in [0.717, 1.165) is 31.1 Å². The molecular formula is C22H26ClN3O3. The highest BCUT2D eigenvalue weighted by molar-refractivity contribution is 6.33. The molecule has 0 unspecified atom stereocenters. The van der Waals surface area contributed by atoms with Gasteiger partial charge in [-0.1, -0.05) is 49.1 Å². The summed E-state index contributed by atoms with van der Waals surface area (Å²) < 4.78 is 6.83. The van der Waals surface area contributed by atoms with Crippen molar-refractivity contribution >= 4 is 23.5 Å². The van der Waals surface area contributed by atoms with Crippen LogP contribution in [-0.2, 0) is 9.53 Å². The number of halogens is 1. The van der Waals surface area contributed by atoms with Crippen molar-refractivity contribution in [3.05, 3.63) is 46.7 Å². The van der Waals surface area contributed by atoms with Gasteiger partial charge in [-0.15, -0.1) is 0 Å². The number of aryl methyl sites for hydroxylation is 1. The van der Waals surface area contributed by atoms with Crippen molar-refractivity contribution in [3.8, 4) is 5.69 Å². The maximum absolute atomic E-state index is 12.6. The maximum Gasteiger partial charge on any atom is 0.343 e. The molecule has 2 aromatic rings. The third kappa shape index (κ3) is 4.17. The molecule has 2 atom stereocenters. The molecule has 1 aromatic carbocycles. The van der Waals surface area contributed by atoms with Gasteiger partial charge in [-0.05, 0) is 43.7 Å². The van der Waals surface area contributed by atoms with Gasteiger partial charge in [-0.2, -0.15) is 5.10 Å². The summed E-state index contributed by atoms with van der Waals surface area (Å²) in [6.45, 7) is 2.98. The van der Waals surface area contributed by atoms with Crippen LogP contribution in [0.2, 0.25) is 5.15 Å². The lowest BCUT2D eigenvalue weighted by Crippen LogP contribution is -2.46. The Morgan fingerprint density at radius 1 is 1.14 bits per heavy atom. The summed E-state index contributed by atoms with van der Waals surface area (Å²) in [5.41, 5.74) is 1.43. The Bertz CT molecular complexity index is 896. The molecule has 2 fully saturated rings. The average Bonchev–Trinajstić information content (AvgIpc) is 3.06. The standard InChI is InChI=1S/C22H26ClN3O3/c1-15-20(21(23)26(24-15)18-9-3-2-4-10-18)22(28)29-14-19(27)25-12-11-16-7-5-6-8-17(16)13-25/h2-4,9-10,16-17H,5-8,11-14H2,1H3/t16-,17-/m1/s1. The zero-order valence-electron chi connectivity index (χ0n) is 16.6. The van der Waals surface area contributed by atoms with E-state index < -0.39 is 5.97 Å². The lowest BCUT2D eigenvalue weighted by Gasteiger charge is -2.41. The lowest BCUT2D eigenvalue weighted by molar-refractivity contribution is -0.137. The van der Waals surface area contributed by atoms with E-state index in [0.29, 0.717) is 11.6 Å². The van der Waals surface area contributed by atoms with Crippen LogP contribution in [0, 0.1) is 18.8 Å². The van der Waals surface area contributed by atoms with E-state index in [9.17, 15) is 9.59 Å². The van der Waals surface area contributed by atoms with Gasteiger partial charge in [0.05, 0.1) is 11.4 Å². The molecule has 1 amide bonds. The van der Waals surface area contributed by atoms with E-state index in [1.165, 1.54) is 30.4 Å². The van der Waals surface area contributed by atoms with Gasteiger partial charge in [0.15, 0.2) is 6.61 Å². The van der Waals surface area contributed by atoms with Crippen LogP contribution >= 0.6 is 11.6 Å². The lowest BCUT2D eigenvalue weighted by atomic mass is 9.75. The maximum atomic E-state index is 12.6. The molecule has 0 N–H and O–H groups in total. The van der Waals surface area contributed by atoms with Gasteiger partial charge in [0.1, 0.15) is 10.7 Å². The van der Waals surface area contributed by atoms with Crippen LogP contribution in [0.25, 0.3) is 5.69 Å². The van der Waals surface area contributed by atoms with Crippen LogP contribution in [0.3, 0.4) is 0 Å². The number of piperidine rings is 1. The van der Waals surface area contributed by atoms with Crippen molar-refractivity contribution in [2.75, 3.05) is 19.7 Å². The number of rotatable bonds is 4. The smallest absolute Gasteiger partial charge is 0.343 e. The minimum atomic E-state index is -0.615. The normalized spacial score (nSPS) is 21.5. The summed E-state index contributed by atoms with van der Waals surface area (Å²) in [6, 6.07) is 9.34. The molecule has 0 bridgehead atoms. The Hall–Kier alpha value is -2.34. The first kappa shape index (κ1) is 20.0. The third-order valence-electron chi connectivity index (χ3n) is 6.18. The van der Waals surface area contributed by atoms with Crippen LogP contribution in [0.1, 0.15) is 48.2 Å². The summed E-state index contributed by atoms with van der Waals surface area (Å²) in [5, 5.41) is 4.54. The molecule has 1 saturated heterocycles. The fourth-order valence-electron chi connectivity index (χ4n) is 4.59. The van der Waals surface area contributed by atoms with Crippen LogP contribution < -0.4 is 0 Å². The Labute approximate surface area is 175 Å². The number of amides is 1. The predicted molar refractivity (Wildman–Crippen MR) is 110 cm³/mol. The number of fused-ring (bicyclic) bond motifs is 1. The monoisotopic (exact) mass is 415 g/mol. The summed E-state index contributed by atoms with van der Waals surface area (Å²) in [4.78, 5) is 27.1. The fraction of sp³-hybridized carbons (Fsp3) is 0.500. The molecule has 2 heterocycles. The number of hydrogen-bond acceptors (Lipinski definition) is 4. The highest BCUT2D eigenvalue weighted by Crippen LogP contribution is 2.36. The number of likely N-dealkylation sites (tertiary alicyclic amines) is 1. The zero-order valence-corrected chi connectivity index (χ0v) is 17.4. The van der Waals surface area contributed by atoms with Crippen molar-refractivity contribution in [2.45, 2.75) is 39.0 Å². The van der Waals surface area contributed by atoms with E-state index >= 15 is 0 Å². The second-order valence-corrected chi connectivity index (χ2v) is 8.37. The van der Waals surface area contributed by atoms with Gasteiger partial charge < -0.3 is 9.64 Å². The molecule has 1 saturated carbocycles. The summed E-state index contributed by atoms with van der Waals surface area (Å²) >= 11 is 6.40. The van der Waals surface area contributed by atoms with Crippen LogP contribution in [0.5, 0.6) is 0 Å². The molecule has 29 heavy (non-hydrogen) atoms. The number of esters is 1. The Kier molecular flexibility index (Phi) is 5.90. The van der Waals surface area contributed by atoms with Crippen molar-refractivity contribution < 1.29 is 14.3 Å². The molecule has 6 nitrogen and oxygen atoms in total. The SMILES string of the molecule is Cc1nn(-c2ccccc2)c(Cl)c1C(=O)OCC(=O)N1CC[C@H]2CCCC[C@@H]2C1. The van der Waals surface area contributed by atoms with E-state index in [1.807, 2.05) is 35.2 Å². The number of benzene rings is 1. The van der Waals surface area contributed by atoms with Gasteiger partial charge in [0, 0.05) is 13.1 Å². The minimum absolute atomic E-state index is 0.133. The van der Waals surface area contributed by atoms with Crippen molar-refractivity contribution in [2.24, 2.45) is 11.8 Å². The van der Waals surface area contributed by atoms with Gasteiger partial charge in [0.2, 0.25) is 0 Å². The first-order valence-corrected chi connectivity index (χ1v) is 10.7. The molecule has 0 spiro atoms. The van der Waals surface area contributed by atoms with Gasteiger partial charge in [-0.3, -0.25) is 4.79 Å². The Morgan fingerprint density at radius 3 is 2.62 bits per heavy atom. The van der Waals surface area contributed by atoms with E-state index in [2.05, 4.69) is 5.10 Å². The number of aromatic nitrogens is 2. The number of para-hydroxylation sites is 1. The first-order valence-electron chi connectivity index (χ1n) is 10.3. The highest BCUT2D eigenvalue weighted by Gasteiger charge is 2.33. The summed E-state index contributed by atoms with van der Waals surface area (Å²) in [5.74, 6) is 0.598. The van der Waals surface area contributed by atoms with Gasteiger partial charge in [0.25, 0.3) is 5.91 Å². The second-order valence-electron chi connectivity index (χ2n) is 8.01. The molecule has 1 aliphatic carbocycles. The van der Waals surface area contributed by atoms with Crippen molar-refractivity contribution in [1.82, 2.24) is 14.7 Å². The number of hydrogen-bond donors (Lipinski definition) is 0.